The van der Waals surface area contributed by atoms with Gasteiger partial charge in [0.2, 0.25) is 0 Å². The molecule has 0 aromatic heterocycles. The molecule has 0 N–H and O–H groups in total. The molecule has 1 aliphatic heterocycles. The highest BCUT2D eigenvalue weighted by Crippen LogP contribution is 2.37. The highest BCUT2D eigenvalue weighted by atomic mass is 79.9. The van der Waals surface area contributed by atoms with Crippen molar-refractivity contribution in [1.82, 2.24) is 0 Å². The van der Waals surface area contributed by atoms with Crippen molar-refractivity contribution in [2.45, 2.75) is 41.3 Å². The van der Waals surface area contributed by atoms with Crippen LogP contribution in [-0.4, -0.2) is 47.7 Å². The second-order valence-corrected chi connectivity index (χ2v) is 7.56. The van der Waals surface area contributed by atoms with E-state index in [1.54, 1.807) is 0 Å². The maximum absolute atomic E-state index is 5.90. The van der Waals surface area contributed by atoms with Gasteiger partial charge in [-0.3, -0.25) is 0 Å². The van der Waals surface area contributed by atoms with Crippen LogP contribution in [0, 0.1) is 5.92 Å². The Morgan fingerprint density at radius 3 is 2.78 bits per heavy atom. The predicted molar refractivity (Wildman–Crippen MR) is 78.9 cm³/mol. The van der Waals surface area contributed by atoms with Gasteiger partial charge in [-0.25, -0.2) is 0 Å². The number of alkyl halides is 3. The summed E-state index contributed by atoms with van der Waals surface area (Å²) in [4.78, 5) is 1.08. The van der Waals surface area contributed by atoms with Crippen molar-refractivity contribution in [3.8, 4) is 0 Å². The van der Waals surface area contributed by atoms with Gasteiger partial charge in [0.25, 0.3) is 0 Å². The van der Waals surface area contributed by atoms with Crippen molar-refractivity contribution >= 4 is 43.5 Å². The van der Waals surface area contributed by atoms with Crippen LogP contribution < -0.4 is 0 Å². The number of hydrogen-bond acceptors (Lipinski definition) is 3. The Morgan fingerprint density at radius 2 is 2.06 bits per heavy atom. The van der Waals surface area contributed by atoms with Crippen LogP contribution in [0.5, 0.6) is 0 Å². The minimum absolute atomic E-state index is 0.0605. The van der Waals surface area contributed by atoms with Gasteiger partial charge in [0.1, 0.15) is 6.10 Å². The van der Waals surface area contributed by atoms with Gasteiger partial charge in [-0.2, -0.15) is 0 Å². The molecule has 1 saturated carbocycles. The first kappa shape index (κ1) is 15.5. The van der Waals surface area contributed by atoms with Crippen LogP contribution in [0.4, 0.5) is 0 Å². The standard InChI is InChI=1S/C12H19Br2ClO3/c13-10-2-1-8(5-11(10)14)12-17-7-9(18-12)6-16-4-3-15/h8-12H,1-7H2/t8-,9-,10+,11-,12+/m1/s1. The molecule has 106 valence electrons. The summed E-state index contributed by atoms with van der Waals surface area (Å²) in [7, 11) is 0. The van der Waals surface area contributed by atoms with Gasteiger partial charge < -0.3 is 14.2 Å². The van der Waals surface area contributed by atoms with Gasteiger partial charge in [0.05, 0.1) is 19.8 Å². The highest BCUT2D eigenvalue weighted by Gasteiger charge is 2.37. The summed E-state index contributed by atoms with van der Waals surface area (Å²) in [6.45, 7) is 1.78. The lowest BCUT2D eigenvalue weighted by molar-refractivity contribution is -0.111. The molecule has 2 aliphatic rings. The zero-order chi connectivity index (χ0) is 13.0. The summed E-state index contributed by atoms with van der Waals surface area (Å²) in [5.74, 6) is 1.01. The molecule has 0 radical (unpaired) electrons. The SMILES string of the molecule is ClCCOC[C@@H]1CO[C@H]([C@@H]2CC[C@H](Br)[C@H](Br)C2)O1. The van der Waals surface area contributed by atoms with E-state index in [1.165, 1.54) is 0 Å². The molecule has 1 heterocycles. The van der Waals surface area contributed by atoms with Crippen molar-refractivity contribution in [2.75, 3.05) is 25.7 Å². The molecule has 0 bridgehead atoms. The second kappa shape index (κ2) is 7.79. The van der Waals surface area contributed by atoms with Crippen LogP contribution in [0.1, 0.15) is 19.3 Å². The van der Waals surface area contributed by atoms with Crippen LogP contribution in [0.15, 0.2) is 0 Å². The first-order valence-electron chi connectivity index (χ1n) is 6.39. The molecule has 0 unspecified atom stereocenters. The second-order valence-electron chi connectivity index (χ2n) is 4.83. The largest absolute Gasteiger partial charge is 0.377 e. The van der Waals surface area contributed by atoms with Crippen molar-refractivity contribution in [2.24, 2.45) is 5.92 Å². The van der Waals surface area contributed by atoms with Crippen LogP contribution in [0.3, 0.4) is 0 Å². The van der Waals surface area contributed by atoms with E-state index in [1.807, 2.05) is 0 Å². The van der Waals surface area contributed by atoms with Crippen LogP contribution in [0.25, 0.3) is 0 Å². The monoisotopic (exact) mass is 404 g/mol. The molecule has 3 nitrogen and oxygen atoms in total. The lowest BCUT2D eigenvalue weighted by Crippen LogP contribution is -2.33. The third kappa shape index (κ3) is 4.32. The van der Waals surface area contributed by atoms with Gasteiger partial charge in [0, 0.05) is 21.5 Å². The normalized spacial score (nSPS) is 41.2. The Hall–Kier alpha value is 1.13. The fraction of sp³-hybridized carbons (Fsp3) is 1.00. The Kier molecular flexibility index (Phi) is 6.72. The van der Waals surface area contributed by atoms with E-state index >= 15 is 0 Å². The first-order valence-corrected chi connectivity index (χ1v) is 8.76. The Bertz CT molecular complexity index is 257. The molecular weight excluding hydrogens is 387 g/mol. The van der Waals surface area contributed by atoms with Gasteiger partial charge >= 0.3 is 0 Å². The van der Waals surface area contributed by atoms with E-state index in [-0.39, 0.29) is 12.4 Å². The average molecular weight is 407 g/mol. The van der Waals surface area contributed by atoms with Crippen LogP contribution in [-0.2, 0) is 14.2 Å². The smallest absolute Gasteiger partial charge is 0.161 e. The van der Waals surface area contributed by atoms with Gasteiger partial charge in [0.15, 0.2) is 6.29 Å². The summed E-state index contributed by atoms with van der Waals surface area (Å²) in [6.07, 6.45) is 3.41. The lowest BCUT2D eigenvalue weighted by atomic mass is 9.88. The summed E-state index contributed by atoms with van der Waals surface area (Å²) in [6, 6.07) is 0. The quantitative estimate of drug-likeness (QED) is 0.518. The van der Waals surface area contributed by atoms with E-state index < -0.39 is 0 Å². The summed E-state index contributed by atoms with van der Waals surface area (Å²) >= 11 is 13.0. The molecule has 5 atom stereocenters. The Balaban J connectivity index is 1.71. The minimum Gasteiger partial charge on any atom is -0.377 e. The number of rotatable bonds is 5. The van der Waals surface area contributed by atoms with Crippen molar-refractivity contribution < 1.29 is 14.2 Å². The average Bonchev–Trinajstić information content (AvgIpc) is 2.82. The number of ether oxygens (including phenoxy) is 3. The van der Waals surface area contributed by atoms with Gasteiger partial charge in [-0.05, 0) is 19.3 Å². The topological polar surface area (TPSA) is 27.7 Å². The summed E-state index contributed by atoms with van der Waals surface area (Å²) < 4.78 is 17.0. The molecule has 18 heavy (non-hydrogen) atoms. The first-order chi connectivity index (χ1) is 8.70. The van der Waals surface area contributed by atoms with Crippen molar-refractivity contribution in [1.29, 1.82) is 0 Å². The number of hydrogen-bond donors (Lipinski definition) is 0. The lowest BCUT2D eigenvalue weighted by Gasteiger charge is -2.32. The third-order valence-electron chi connectivity index (χ3n) is 3.42. The molecule has 0 spiro atoms. The molecule has 0 aromatic carbocycles. The molecule has 2 rings (SSSR count). The molecule has 6 heteroatoms. The Morgan fingerprint density at radius 1 is 1.22 bits per heavy atom. The van der Waals surface area contributed by atoms with E-state index in [0.717, 1.165) is 19.3 Å². The molecule has 1 saturated heterocycles. The maximum Gasteiger partial charge on any atom is 0.161 e. The third-order valence-corrected chi connectivity index (χ3v) is 6.39. The fourth-order valence-corrected chi connectivity index (χ4v) is 3.76. The Labute approximate surface area is 130 Å². The minimum atomic E-state index is -0.0605. The van der Waals surface area contributed by atoms with Gasteiger partial charge in [-0.15, -0.1) is 11.6 Å². The zero-order valence-electron chi connectivity index (χ0n) is 10.2. The number of halogens is 3. The van der Waals surface area contributed by atoms with Crippen molar-refractivity contribution in [3.63, 3.8) is 0 Å². The molecule has 0 amide bonds. The summed E-state index contributed by atoms with van der Waals surface area (Å²) in [5.41, 5.74) is 0. The zero-order valence-corrected chi connectivity index (χ0v) is 14.1. The van der Waals surface area contributed by atoms with Crippen molar-refractivity contribution in [3.05, 3.63) is 0 Å². The van der Waals surface area contributed by atoms with E-state index in [9.17, 15) is 0 Å². The van der Waals surface area contributed by atoms with Gasteiger partial charge in [-0.1, -0.05) is 31.9 Å². The molecule has 0 aromatic rings. The summed E-state index contributed by atoms with van der Waals surface area (Å²) in [5, 5.41) is 0. The molecule has 2 fully saturated rings. The van der Waals surface area contributed by atoms with E-state index in [0.29, 0.717) is 41.3 Å². The molecule has 1 aliphatic carbocycles. The van der Waals surface area contributed by atoms with E-state index in [4.69, 9.17) is 25.8 Å². The molecular formula is C12H19Br2ClO3. The highest BCUT2D eigenvalue weighted by molar-refractivity contribution is 9.12. The van der Waals surface area contributed by atoms with Crippen LogP contribution in [0.2, 0.25) is 0 Å². The fourth-order valence-electron chi connectivity index (χ4n) is 2.43. The van der Waals surface area contributed by atoms with E-state index in [2.05, 4.69) is 31.9 Å². The predicted octanol–water partition coefficient (Wildman–Crippen LogP) is 3.31. The van der Waals surface area contributed by atoms with Crippen LogP contribution >= 0.6 is 43.5 Å². The maximum atomic E-state index is 5.90.